The fourth-order valence-corrected chi connectivity index (χ4v) is 0.978. The summed E-state index contributed by atoms with van der Waals surface area (Å²) in [4.78, 5) is 0. The summed E-state index contributed by atoms with van der Waals surface area (Å²) in [5.41, 5.74) is 0. The van der Waals surface area contributed by atoms with E-state index in [4.69, 9.17) is 57.5 Å². The maximum Gasteiger partial charge on any atom is 0.413 e. The van der Waals surface area contributed by atoms with Crippen molar-refractivity contribution in [3.8, 4) is 0 Å². The predicted molar refractivity (Wildman–Crippen MR) is 73.3 cm³/mol. The summed E-state index contributed by atoms with van der Waals surface area (Å²) in [5, 5.41) is 0. The van der Waals surface area contributed by atoms with Gasteiger partial charge >= 0.3 is 41.6 Å². The summed E-state index contributed by atoms with van der Waals surface area (Å²) in [6.07, 6.45) is 0. The molecule has 24 heavy (non-hydrogen) atoms. The molecule has 0 bridgehead atoms. The molecule has 0 aliphatic rings. The Kier molecular flexibility index (Phi) is 15.0. The van der Waals surface area contributed by atoms with E-state index in [1.54, 1.807) is 0 Å². The van der Waals surface area contributed by atoms with E-state index in [0.29, 0.717) is 0 Å². The van der Waals surface area contributed by atoms with Gasteiger partial charge in [0.05, 0.1) is 0 Å². The van der Waals surface area contributed by atoms with Crippen molar-refractivity contribution in [3.63, 3.8) is 0 Å². The standard InChI is InChI=1S/H2O7S2.2H2O4S.H2O3S2/c1-8(2,3)7-9(4,5)6;3*1-5(2,3)4/h(H,1,2,3)(H,4,5,6);3*(H2,1,2,3,4). The van der Waals surface area contributed by atoms with E-state index in [0.717, 1.165) is 0 Å². The van der Waals surface area contributed by atoms with Gasteiger partial charge in [-0.15, -0.1) is 3.63 Å². The van der Waals surface area contributed by atoms with Crippen molar-refractivity contribution in [2.24, 2.45) is 0 Å². The van der Waals surface area contributed by atoms with Crippen LogP contribution in [0.4, 0.5) is 0 Å². The quantitative estimate of drug-likeness (QED) is 0.179. The number of rotatable bonds is 2. The van der Waals surface area contributed by atoms with Crippen molar-refractivity contribution >= 4 is 61.8 Å². The third kappa shape index (κ3) is 280. The first-order valence-electron chi connectivity index (χ1n) is 3.46. The lowest BCUT2D eigenvalue weighted by Crippen LogP contribution is -2.10. The van der Waals surface area contributed by atoms with Crippen LogP contribution in [0.2, 0.25) is 0 Å². The van der Waals surface area contributed by atoms with Crippen LogP contribution in [0.25, 0.3) is 0 Å². The minimum absolute atomic E-state index is 2.68. The third-order valence-electron chi connectivity index (χ3n) is 0.172. The van der Waals surface area contributed by atoms with Gasteiger partial charge in [-0.2, -0.15) is 37.9 Å². The fraction of sp³-hybridized carbons (Fsp3) is 0. The molecule has 0 aromatic carbocycles. The normalized spacial score (nSPS) is 12.3. The Labute approximate surface area is 139 Å². The Morgan fingerprint density at radius 3 is 0.583 bits per heavy atom. The minimum atomic E-state index is -5.12. The Morgan fingerprint density at radius 2 is 0.583 bits per heavy atom. The van der Waals surface area contributed by atoms with E-state index < -0.39 is 50.6 Å². The molecule has 0 aromatic rings. The molecule has 0 radical (unpaired) electrons. The highest BCUT2D eigenvalue weighted by Gasteiger charge is 2.15. The Morgan fingerprint density at radius 1 is 0.500 bits per heavy atom. The molecule has 0 aliphatic heterocycles. The van der Waals surface area contributed by atoms with Crippen LogP contribution < -0.4 is 0 Å². The zero-order valence-electron chi connectivity index (χ0n) is 10.1. The summed E-state index contributed by atoms with van der Waals surface area (Å²) in [7, 11) is -23.4. The van der Waals surface area contributed by atoms with E-state index in [1.807, 2.05) is 0 Å². The lowest BCUT2D eigenvalue weighted by Gasteiger charge is -1.89. The van der Waals surface area contributed by atoms with Gasteiger partial charge in [-0.1, -0.05) is 0 Å². The molecule has 8 N–H and O–H groups in total. The topological polar surface area (TPSA) is 325 Å². The van der Waals surface area contributed by atoms with Gasteiger partial charge < -0.3 is 0 Å². The van der Waals surface area contributed by atoms with E-state index in [-0.39, 0.29) is 0 Å². The van der Waals surface area contributed by atoms with E-state index >= 15 is 0 Å². The van der Waals surface area contributed by atoms with E-state index in [1.165, 1.54) is 0 Å². The van der Waals surface area contributed by atoms with Gasteiger partial charge in [0.25, 0.3) is 9.05 Å². The molecule has 0 saturated heterocycles. The highest BCUT2D eigenvalue weighted by atomic mass is 32.9. The van der Waals surface area contributed by atoms with Crippen LogP contribution >= 0.6 is 0 Å². The van der Waals surface area contributed by atoms with Crippen molar-refractivity contribution in [2.75, 3.05) is 0 Å². The van der Waals surface area contributed by atoms with Crippen molar-refractivity contribution in [1.29, 1.82) is 0 Å². The second kappa shape index (κ2) is 11.4. The Bertz CT molecular complexity index is 714. The first-order valence-corrected chi connectivity index (χ1v) is 11.4. The summed E-state index contributed by atoms with van der Waals surface area (Å²) >= 11 is 3.47. The van der Waals surface area contributed by atoms with Crippen LogP contribution in [-0.4, -0.2) is 74.3 Å². The smallest absolute Gasteiger partial charge is 0.285 e. The van der Waals surface area contributed by atoms with Gasteiger partial charge in [-0.05, 0) is 0 Å². The number of hydrogen-bond donors (Lipinski definition) is 8. The molecule has 0 saturated carbocycles. The van der Waals surface area contributed by atoms with Gasteiger partial charge in [-0.3, -0.25) is 36.4 Å². The molecular weight excluding hydrogens is 480 g/mol. The largest absolute Gasteiger partial charge is 0.413 e. The van der Waals surface area contributed by atoms with Gasteiger partial charge in [0.2, 0.25) is 0 Å². The van der Waals surface area contributed by atoms with Gasteiger partial charge in [0, 0.05) is 11.2 Å². The minimum Gasteiger partial charge on any atom is -0.285 e. The zero-order valence-corrected chi connectivity index (χ0v) is 15.0. The summed E-state index contributed by atoms with van der Waals surface area (Å²) in [6.45, 7) is 0. The molecule has 152 valence electrons. The van der Waals surface area contributed by atoms with Crippen molar-refractivity contribution < 1.29 is 77.9 Å². The average Bonchev–Trinajstić information content (AvgIpc) is 1.80. The monoisotopic (exact) mass is 488 g/mol. The van der Waals surface area contributed by atoms with Crippen LogP contribution in [0.3, 0.4) is 0 Å². The Balaban J connectivity index is -0.000000116. The summed E-state index contributed by atoms with van der Waals surface area (Å²) < 4.78 is 143. The fourth-order valence-electron chi connectivity index (χ4n) is 0.109. The van der Waals surface area contributed by atoms with Crippen LogP contribution in [0, 0.1) is 0 Å². The highest BCUT2D eigenvalue weighted by molar-refractivity contribution is 8.26. The first-order chi connectivity index (χ1) is 9.71. The maximum atomic E-state index is 9.44. The van der Waals surface area contributed by atoms with Crippen LogP contribution in [-0.2, 0) is 65.5 Å². The molecule has 18 nitrogen and oxygen atoms in total. The molecule has 0 aromatic heterocycles. The maximum absolute atomic E-state index is 9.44. The van der Waals surface area contributed by atoms with Crippen molar-refractivity contribution in [2.45, 2.75) is 0 Å². The van der Waals surface area contributed by atoms with Gasteiger partial charge in [0.1, 0.15) is 0 Å². The zero-order chi connectivity index (χ0) is 21.2. The van der Waals surface area contributed by atoms with Crippen molar-refractivity contribution in [3.05, 3.63) is 0 Å². The van der Waals surface area contributed by atoms with E-state index in [2.05, 4.69) is 14.8 Å². The molecule has 0 aliphatic carbocycles. The molecule has 0 unspecified atom stereocenters. The molecule has 0 rings (SSSR count). The number of hydrogen-bond acceptors (Lipinski definition) is 11. The Hall–Kier alpha value is -0.190. The summed E-state index contributed by atoms with van der Waals surface area (Å²) in [6, 6.07) is 0. The average molecular weight is 488 g/mol. The first kappa shape index (κ1) is 31.6. The molecule has 0 amide bonds. The molecule has 0 fully saturated rings. The van der Waals surface area contributed by atoms with Crippen LogP contribution in [0.5, 0.6) is 0 Å². The lowest BCUT2D eigenvalue weighted by atomic mass is 15.8. The third-order valence-corrected chi connectivity index (χ3v) is 1.55. The van der Waals surface area contributed by atoms with Crippen LogP contribution in [0.15, 0.2) is 0 Å². The van der Waals surface area contributed by atoms with Crippen molar-refractivity contribution in [1.82, 2.24) is 0 Å². The highest BCUT2D eigenvalue weighted by Crippen LogP contribution is 1.91. The molecule has 0 atom stereocenters. The second-order valence-corrected chi connectivity index (χ2v) is 8.51. The molecule has 0 heterocycles. The molecule has 24 heteroatoms. The van der Waals surface area contributed by atoms with Crippen LogP contribution in [0.1, 0.15) is 0 Å². The second-order valence-electron chi connectivity index (χ2n) is 2.27. The molecule has 0 spiro atoms. The lowest BCUT2D eigenvalue weighted by molar-refractivity contribution is 0.343. The predicted octanol–water partition coefficient (Wildman–Crippen LogP) is -3.02. The SMILES string of the molecule is O=S(=O)(O)O.O=S(=O)(O)O.O=S(=O)(O)OS(=O)(=O)O.O=S(O)(O)=S. The van der Waals surface area contributed by atoms with E-state index in [9.17, 15) is 16.8 Å². The molecular formula is H8O18S6. The summed E-state index contributed by atoms with van der Waals surface area (Å²) in [5.74, 6) is 0. The van der Waals surface area contributed by atoms with Gasteiger partial charge in [0.15, 0.2) is 0 Å². The van der Waals surface area contributed by atoms with Gasteiger partial charge in [-0.25, -0.2) is 0 Å².